The Labute approximate surface area is 149 Å². The molecule has 2 heterocycles. The van der Waals surface area contributed by atoms with Crippen molar-refractivity contribution in [2.24, 2.45) is 5.92 Å². The molecule has 1 aliphatic carbocycles. The largest absolute Gasteiger partial charge is 0.361 e. The van der Waals surface area contributed by atoms with E-state index >= 15 is 0 Å². The maximum absolute atomic E-state index is 12.8. The van der Waals surface area contributed by atoms with E-state index < -0.39 is 0 Å². The summed E-state index contributed by atoms with van der Waals surface area (Å²) in [5.41, 5.74) is 5.18. The quantitative estimate of drug-likeness (QED) is 0.899. The van der Waals surface area contributed by atoms with Crippen molar-refractivity contribution in [3.63, 3.8) is 0 Å². The number of amides is 1. The van der Waals surface area contributed by atoms with Crippen molar-refractivity contribution in [2.75, 3.05) is 13.6 Å². The normalized spacial score (nSPS) is 23.9. The van der Waals surface area contributed by atoms with Crippen LogP contribution in [0.15, 0.2) is 30.5 Å². The van der Waals surface area contributed by atoms with Crippen molar-refractivity contribution in [1.82, 2.24) is 15.2 Å². The Kier molecular flexibility index (Phi) is 4.16. The lowest BCUT2D eigenvalue weighted by Gasteiger charge is -2.39. The third-order valence-electron chi connectivity index (χ3n) is 5.72. The van der Waals surface area contributed by atoms with E-state index in [0.717, 1.165) is 25.8 Å². The lowest BCUT2D eigenvalue weighted by atomic mass is 9.80. The van der Waals surface area contributed by atoms with E-state index in [2.05, 4.69) is 66.6 Å². The van der Waals surface area contributed by atoms with Crippen molar-refractivity contribution in [3.8, 4) is 0 Å². The van der Waals surface area contributed by atoms with Gasteiger partial charge in [0.2, 0.25) is 5.91 Å². The molecule has 4 nitrogen and oxygen atoms in total. The van der Waals surface area contributed by atoms with Gasteiger partial charge in [-0.15, -0.1) is 0 Å². The lowest BCUT2D eigenvalue weighted by molar-refractivity contribution is -0.124. The number of aromatic amines is 1. The molecule has 0 saturated heterocycles. The molecule has 0 unspecified atom stereocenters. The van der Waals surface area contributed by atoms with Gasteiger partial charge in [-0.05, 0) is 49.6 Å². The fraction of sp³-hybridized carbons (Fsp3) is 0.476. The molecule has 1 aromatic carbocycles. The first-order valence-electron chi connectivity index (χ1n) is 9.40. The Balaban J connectivity index is 1.69. The molecule has 1 aliphatic heterocycles. The van der Waals surface area contributed by atoms with Crippen LogP contribution in [0.25, 0.3) is 16.5 Å². The van der Waals surface area contributed by atoms with Crippen LogP contribution in [0.5, 0.6) is 0 Å². The zero-order valence-electron chi connectivity index (χ0n) is 15.3. The number of nitrogens with one attached hydrogen (secondary N) is 2. The van der Waals surface area contributed by atoms with E-state index in [-0.39, 0.29) is 17.9 Å². The molecule has 1 aromatic heterocycles. The van der Waals surface area contributed by atoms with Crippen LogP contribution in [0.3, 0.4) is 0 Å². The molecule has 0 fully saturated rings. The molecule has 0 radical (unpaired) electrons. The van der Waals surface area contributed by atoms with Gasteiger partial charge in [0.15, 0.2) is 0 Å². The summed E-state index contributed by atoms with van der Waals surface area (Å²) in [5, 5.41) is 4.52. The Morgan fingerprint density at radius 3 is 3.08 bits per heavy atom. The molecule has 2 N–H and O–H groups in total. The number of likely N-dealkylation sites (N-methyl/N-ethyl adjacent to an activating group) is 1. The number of nitrogens with zero attached hydrogens (tertiary/aromatic N) is 1. The predicted octanol–water partition coefficient (Wildman–Crippen LogP) is 3.34. The summed E-state index contributed by atoms with van der Waals surface area (Å²) >= 11 is 0. The molecule has 1 amide bonds. The number of aromatic nitrogens is 1. The molecule has 2 aliphatic rings. The fourth-order valence-electron chi connectivity index (χ4n) is 4.47. The highest BCUT2D eigenvalue weighted by Gasteiger charge is 2.35. The first-order chi connectivity index (χ1) is 12.1. The SMILES string of the molecule is CCC[C@@H](C)NC(=O)[C@@H]1C=C2c3cccc4[nH]cc(c34)C[C@H]2N(C)C1. The van der Waals surface area contributed by atoms with Crippen LogP contribution in [0.1, 0.15) is 37.8 Å². The van der Waals surface area contributed by atoms with Gasteiger partial charge in [0.05, 0.1) is 5.92 Å². The second-order valence-electron chi connectivity index (χ2n) is 7.63. The van der Waals surface area contributed by atoms with Crippen molar-refractivity contribution >= 4 is 22.4 Å². The van der Waals surface area contributed by atoms with Gasteiger partial charge in [-0.3, -0.25) is 9.69 Å². The average Bonchev–Trinajstić information content (AvgIpc) is 3.00. The van der Waals surface area contributed by atoms with Crippen molar-refractivity contribution in [2.45, 2.75) is 45.2 Å². The maximum atomic E-state index is 12.8. The third-order valence-corrected chi connectivity index (χ3v) is 5.72. The standard InChI is InChI=1S/C21H27N3O/c1-4-6-13(2)23-21(25)15-9-17-16-7-5-8-18-20(16)14(11-22-18)10-19(17)24(3)12-15/h5,7-9,11,13,15,19,22H,4,6,10,12H2,1-3H3,(H,23,25)/t13-,15-,19-/m1/s1. The van der Waals surface area contributed by atoms with Crippen LogP contribution in [-0.4, -0.2) is 41.5 Å². The fourth-order valence-corrected chi connectivity index (χ4v) is 4.47. The van der Waals surface area contributed by atoms with E-state index in [0.29, 0.717) is 6.04 Å². The number of carbonyl (C=O) groups excluding carboxylic acids is 1. The van der Waals surface area contributed by atoms with Crippen LogP contribution < -0.4 is 5.32 Å². The highest BCUT2D eigenvalue weighted by Crippen LogP contribution is 2.40. The van der Waals surface area contributed by atoms with E-state index in [1.54, 1.807) is 0 Å². The molecular weight excluding hydrogens is 310 g/mol. The number of hydrogen-bond donors (Lipinski definition) is 2. The van der Waals surface area contributed by atoms with Gasteiger partial charge in [0.25, 0.3) is 0 Å². The zero-order valence-corrected chi connectivity index (χ0v) is 15.3. The predicted molar refractivity (Wildman–Crippen MR) is 102 cm³/mol. The molecule has 132 valence electrons. The smallest absolute Gasteiger partial charge is 0.228 e. The van der Waals surface area contributed by atoms with Gasteiger partial charge in [0.1, 0.15) is 0 Å². The summed E-state index contributed by atoms with van der Waals surface area (Å²) in [7, 11) is 2.14. The van der Waals surface area contributed by atoms with Gasteiger partial charge in [-0.1, -0.05) is 31.6 Å². The first-order valence-corrected chi connectivity index (χ1v) is 9.40. The third kappa shape index (κ3) is 2.78. The summed E-state index contributed by atoms with van der Waals surface area (Å²) in [6, 6.07) is 7.04. The highest BCUT2D eigenvalue weighted by atomic mass is 16.2. The summed E-state index contributed by atoms with van der Waals surface area (Å²) in [6.45, 7) is 5.03. The molecule has 0 bridgehead atoms. The Morgan fingerprint density at radius 2 is 2.28 bits per heavy atom. The summed E-state index contributed by atoms with van der Waals surface area (Å²) in [4.78, 5) is 18.5. The Hall–Kier alpha value is -2.07. The Bertz CT molecular complexity index is 835. The average molecular weight is 337 g/mol. The number of hydrogen-bond acceptors (Lipinski definition) is 2. The molecular formula is C21H27N3O. The zero-order chi connectivity index (χ0) is 17.6. The van der Waals surface area contributed by atoms with Crippen LogP contribution in [0.2, 0.25) is 0 Å². The van der Waals surface area contributed by atoms with Crippen molar-refractivity contribution < 1.29 is 4.79 Å². The van der Waals surface area contributed by atoms with Gasteiger partial charge >= 0.3 is 0 Å². The number of benzene rings is 1. The monoisotopic (exact) mass is 337 g/mol. The van der Waals surface area contributed by atoms with Crippen LogP contribution >= 0.6 is 0 Å². The number of H-pyrrole nitrogens is 1. The van der Waals surface area contributed by atoms with E-state index in [4.69, 9.17) is 0 Å². The second kappa shape index (κ2) is 6.34. The molecule has 4 rings (SSSR count). The van der Waals surface area contributed by atoms with Gasteiger partial charge in [-0.25, -0.2) is 0 Å². The number of rotatable bonds is 4. The van der Waals surface area contributed by atoms with E-state index in [1.165, 1.54) is 27.6 Å². The summed E-state index contributed by atoms with van der Waals surface area (Å²) < 4.78 is 0. The first kappa shape index (κ1) is 16.4. The number of carbonyl (C=O) groups is 1. The van der Waals surface area contributed by atoms with Crippen LogP contribution in [0.4, 0.5) is 0 Å². The number of fused-ring (bicyclic) bond motifs is 2. The maximum Gasteiger partial charge on any atom is 0.228 e. The molecule has 0 spiro atoms. The van der Waals surface area contributed by atoms with Gasteiger partial charge in [0, 0.05) is 35.7 Å². The topological polar surface area (TPSA) is 48.1 Å². The molecule has 4 heteroatoms. The second-order valence-corrected chi connectivity index (χ2v) is 7.63. The highest BCUT2D eigenvalue weighted by molar-refractivity contribution is 5.99. The molecule has 25 heavy (non-hydrogen) atoms. The van der Waals surface area contributed by atoms with Gasteiger partial charge < -0.3 is 10.3 Å². The molecule has 3 atom stereocenters. The minimum atomic E-state index is -0.0775. The molecule has 2 aromatic rings. The van der Waals surface area contributed by atoms with Crippen LogP contribution in [-0.2, 0) is 11.2 Å². The van der Waals surface area contributed by atoms with E-state index in [9.17, 15) is 4.79 Å². The summed E-state index contributed by atoms with van der Waals surface area (Å²) in [6.07, 6.45) is 7.50. The van der Waals surface area contributed by atoms with Crippen molar-refractivity contribution in [1.29, 1.82) is 0 Å². The minimum absolute atomic E-state index is 0.0775. The minimum Gasteiger partial charge on any atom is -0.361 e. The lowest BCUT2D eigenvalue weighted by Crippen LogP contribution is -2.47. The Morgan fingerprint density at radius 1 is 1.44 bits per heavy atom. The van der Waals surface area contributed by atoms with Gasteiger partial charge in [-0.2, -0.15) is 0 Å². The molecule has 0 saturated carbocycles. The van der Waals surface area contributed by atoms with Crippen LogP contribution in [0, 0.1) is 5.92 Å². The van der Waals surface area contributed by atoms with Crippen molar-refractivity contribution in [3.05, 3.63) is 41.6 Å². The summed E-state index contributed by atoms with van der Waals surface area (Å²) in [5.74, 6) is 0.0806. The van der Waals surface area contributed by atoms with E-state index in [1.807, 2.05) is 0 Å².